The van der Waals surface area contributed by atoms with Crippen molar-refractivity contribution in [3.05, 3.63) is 45.8 Å². The molecule has 2 rings (SSSR count). The van der Waals surface area contributed by atoms with E-state index in [2.05, 4.69) is 10.1 Å². The van der Waals surface area contributed by atoms with Crippen molar-refractivity contribution >= 4 is 5.82 Å². The number of aromatic nitrogens is 3. The molecule has 7 heteroatoms. The number of hydrogen-bond acceptors (Lipinski definition) is 5. The number of rotatable bonds is 5. The number of pyridine rings is 1. The van der Waals surface area contributed by atoms with Crippen molar-refractivity contribution in [1.29, 1.82) is 0 Å². The standard InChI is InChI=1S/C12H14N4O3/c1-3-19-12-6-4-5-10(13-12)8-15-9(2)7-11(14-15)16(17)18/h4-7H,3,8H2,1-2H3. The minimum atomic E-state index is -0.506. The average molecular weight is 262 g/mol. The van der Waals surface area contributed by atoms with E-state index in [4.69, 9.17) is 4.74 Å². The Bertz CT molecular complexity index is 594. The topological polar surface area (TPSA) is 83.1 Å². The van der Waals surface area contributed by atoms with Gasteiger partial charge in [0.15, 0.2) is 0 Å². The maximum Gasteiger partial charge on any atom is 0.390 e. The first kappa shape index (κ1) is 13.0. The highest BCUT2D eigenvalue weighted by molar-refractivity contribution is 5.22. The quantitative estimate of drug-likeness (QED) is 0.607. The monoisotopic (exact) mass is 262 g/mol. The van der Waals surface area contributed by atoms with Gasteiger partial charge in [-0.05, 0) is 24.8 Å². The summed E-state index contributed by atoms with van der Waals surface area (Å²) in [6, 6.07) is 6.87. The highest BCUT2D eigenvalue weighted by Gasteiger charge is 2.15. The lowest BCUT2D eigenvalue weighted by Crippen LogP contribution is -2.06. The Kier molecular flexibility index (Phi) is 3.74. The van der Waals surface area contributed by atoms with Gasteiger partial charge in [-0.15, -0.1) is 0 Å². The fourth-order valence-electron chi connectivity index (χ4n) is 1.67. The van der Waals surface area contributed by atoms with Crippen LogP contribution < -0.4 is 4.74 Å². The summed E-state index contributed by atoms with van der Waals surface area (Å²) in [5.41, 5.74) is 1.46. The molecule has 0 aliphatic rings. The summed E-state index contributed by atoms with van der Waals surface area (Å²) in [5, 5.41) is 14.6. The molecule has 100 valence electrons. The third kappa shape index (κ3) is 3.06. The number of ether oxygens (including phenoxy) is 1. The number of aryl methyl sites for hydroxylation is 1. The molecule has 0 aliphatic heterocycles. The molecule has 2 aromatic rings. The van der Waals surface area contributed by atoms with Crippen LogP contribution in [0.3, 0.4) is 0 Å². The molecule has 0 spiro atoms. The van der Waals surface area contributed by atoms with Crippen molar-refractivity contribution in [3.8, 4) is 5.88 Å². The van der Waals surface area contributed by atoms with Crippen LogP contribution >= 0.6 is 0 Å². The molecule has 0 unspecified atom stereocenters. The normalized spacial score (nSPS) is 10.4. The van der Waals surface area contributed by atoms with Gasteiger partial charge in [-0.3, -0.25) is 0 Å². The Hall–Kier alpha value is -2.44. The molecule has 0 fully saturated rings. The number of nitrogens with zero attached hydrogens (tertiary/aromatic N) is 4. The van der Waals surface area contributed by atoms with E-state index in [0.717, 1.165) is 11.4 Å². The number of hydrogen-bond donors (Lipinski definition) is 0. The lowest BCUT2D eigenvalue weighted by Gasteiger charge is -2.04. The molecule has 0 saturated carbocycles. The predicted octanol–water partition coefficient (Wildman–Crippen LogP) is 1.94. The Morgan fingerprint density at radius 3 is 2.89 bits per heavy atom. The van der Waals surface area contributed by atoms with Gasteiger partial charge in [0, 0.05) is 6.07 Å². The zero-order chi connectivity index (χ0) is 13.8. The fraction of sp³-hybridized carbons (Fsp3) is 0.333. The SMILES string of the molecule is CCOc1cccc(Cn2nc([N+](=O)[O-])cc2C)n1. The second kappa shape index (κ2) is 5.47. The minimum Gasteiger partial charge on any atom is -0.478 e. The van der Waals surface area contributed by atoms with Crippen molar-refractivity contribution in [2.24, 2.45) is 0 Å². The van der Waals surface area contributed by atoms with Crippen molar-refractivity contribution in [1.82, 2.24) is 14.8 Å². The van der Waals surface area contributed by atoms with Crippen LogP contribution in [0, 0.1) is 17.0 Å². The Morgan fingerprint density at radius 2 is 2.26 bits per heavy atom. The molecule has 7 nitrogen and oxygen atoms in total. The van der Waals surface area contributed by atoms with E-state index in [1.807, 2.05) is 19.1 Å². The molecule has 0 amide bonds. The molecule has 2 heterocycles. The van der Waals surface area contributed by atoms with Gasteiger partial charge < -0.3 is 14.9 Å². The predicted molar refractivity (Wildman–Crippen MR) is 68.1 cm³/mol. The van der Waals surface area contributed by atoms with Crippen LogP contribution in [-0.4, -0.2) is 26.3 Å². The summed E-state index contributed by atoms with van der Waals surface area (Å²) in [7, 11) is 0. The van der Waals surface area contributed by atoms with Crippen LogP contribution in [0.15, 0.2) is 24.3 Å². The van der Waals surface area contributed by atoms with Gasteiger partial charge in [0.25, 0.3) is 0 Å². The lowest BCUT2D eigenvalue weighted by molar-refractivity contribution is -0.389. The Labute approximate surface area is 110 Å². The maximum atomic E-state index is 10.7. The van der Waals surface area contributed by atoms with Gasteiger partial charge in [-0.1, -0.05) is 6.07 Å². The minimum absolute atomic E-state index is 0.154. The van der Waals surface area contributed by atoms with Gasteiger partial charge in [-0.2, -0.15) is 4.68 Å². The van der Waals surface area contributed by atoms with Crippen molar-refractivity contribution in [2.45, 2.75) is 20.4 Å². The summed E-state index contributed by atoms with van der Waals surface area (Å²) in [6.07, 6.45) is 0. The maximum absolute atomic E-state index is 10.7. The second-order valence-corrected chi connectivity index (χ2v) is 3.96. The second-order valence-electron chi connectivity index (χ2n) is 3.96. The first-order valence-electron chi connectivity index (χ1n) is 5.87. The molecule has 0 aromatic carbocycles. The first-order valence-corrected chi connectivity index (χ1v) is 5.87. The summed E-state index contributed by atoms with van der Waals surface area (Å²) >= 11 is 0. The molecular weight excluding hydrogens is 248 g/mol. The van der Waals surface area contributed by atoms with E-state index in [1.54, 1.807) is 17.7 Å². The van der Waals surface area contributed by atoms with Gasteiger partial charge in [0.1, 0.15) is 6.54 Å². The van der Waals surface area contributed by atoms with Crippen LogP contribution in [-0.2, 0) is 6.54 Å². The highest BCUT2D eigenvalue weighted by Crippen LogP contribution is 2.14. The van der Waals surface area contributed by atoms with Gasteiger partial charge in [-0.25, -0.2) is 4.98 Å². The molecular formula is C12H14N4O3. The third-order valence-corrected chi connectivity index (χ3v) is 2.54. The van der Waals surface area contributed by atoms with Crippen LogP contribution in [0.4, 0.5) is 5.82 Å². The Morgan fingerprint density at radius 1 is 1.47 bits per heavy atom. The van der Waals surface area contributed by atoms with Gasteiger partial charge >= 0.3 is 5.82 Å². The zero-order valence-electron chi connectivity index (χ0n) is 10.7. The van der Waals surface area contributed by atoms with Gasteiger partial charge in [0.05, 0.1) is 29.2 Å². The molecule has 0 bridgehead atoms. The van der Waals surface area contributed by atoms with Crippen molar-refractivity contribution in [2.75, 3.05) is 6.61 Å². The molecule has 2 aromatic heterocycles. The Balaban J connectivity index is 2.21. The van der Waals surface area contributed by atoms with Crippen LogP contribution in [0.2, 0.25) is 0 Å². The van der Waals surface area contributed by atoms with E-state index in [-0.39, 0.29) is 5.82 Å². The number of nitro groups is 1. The molecule has 19 heavy (non-hydrogen) atoms. The van der Waals surface area contributed by atoms with Gasteiger partial charge in [0.2, 0.25) is 5.88 Å². The summed E-state index contributed by atoms with van der Waals surface area (Å²) in [5.74, 6) is 0.387. The lowest BCUT2D eigenvalue weighted by atomic mass is 10.3. The summed E-state index contributed by atoms with van der Waals surface area (Å²) in [6.45, 7) is 4.57. The average Bonchev–Trinajstić information content (AvgIpc) is 2.72. The van der Waals surface area contributed by atoms with E-state index < -0.39 is 4.92 Å². The molecule has 0 saturated heterocycles. The van der Waals surface area contributed by atoms with Crippen LogP contribution in [0.25, 0.3) is 0 Å². The smallest absolute Gasteiger partial charge is 0.390 e. The molecule has 0 atom stereocenters. The summed E-state index contributed by atoms with van der Waals surface area (Å²) in [4.78, 5) is 14.4. The van der Waals surface area contributed by atoms with Crippen LogP contribution in [0.1, 0.15) is 18.3 Å². The van der Waals surface area contributed by atoms with E-state index >= 15 is 0 Å². The summed E-state index contributed by atoms with van der Waals surface area (Å²) < 4.78 is 6.86. The molecule has 0 N–H and O–H groups in total. The first-order chi connectivity index (χ1) is 9.10. The van der Waals surface area contributed by atoms with Crippen LogP contribution in [0.5, 0.6) is 5.88 Å². The fourth-order valence-corrected chi connectivity index (χ4v) is 1.67. The van der Waals surface area contributed by atoms with E-state index in [9.17, 15) is 10.1 Å². The molecule has 0 radical (unpaired) electrons. The molecule has 0 aliphatic carbocycles. The van der Waals surface area contributed by atoms with E-state index in [0.29, 0.717) is 19.0 Å². The van der Waals surface area contributed by atoms with E-state index in [1.165, 1.54) is 6.07 Å². The highest BCUT2D eigenvalue weighted by atomic mass is 16.6. The third-order valence-electron chi connectivity index (χ3n) is 2.54. The zero-order valence-corrected chi connectivity index (χ0v) is 10.7. The largest absolute Gasteiger partial charge is 0.478 e. The van der Waals surface area contributed by atoms with Crippen molar-refractivity contribution < 1.29 is 9.66 Å². The van der Waals surface area contributed by atoms with Crippen molar-refractivity contribution in [3.63, 3.8) is 0 Å².